The van der Waals surface area contributed by atoms with E-state index in [9.17, 15) is 4.79 Å². The predicted octanol–water partition coefficient (Wildman–Crippen LogP) is 2.85. The van der Waals surface area contributed by atoms with Gasteiger partial charge < -0.3 is 9.88 Å². The minimum absolute atomic E-state index is 0.0431. The summed E-state index contributed by atoms with van der Waals surface area (Å²) in [5.74, 6) is 1.65. The van der Waals surface area contributed by atoms with Gasteiger partial charge >= 0.3 is 0 Å². The normalized spacial score (nSPS) is 16.3. The predicted molar refractivity (Wildman–Crippen MR) is 99.7 cm³/mol. The van der Waals surface area contributed by atoms with Gasteiger partial charge in [-0.25, -0.2) is 0 Å². The molecule has 0 radical (unpaired) electrons. The number of hydrogen-bond acceptors (Lipinski definition) is 3. The van der Waals surface area contributed by atoms with E-state index < -0.39 is 0 Å². The van der Waals surface area contributed by atoms with Crippen molar-refractivity contribution in [3.8, 4) is 0 Å². The SMILES string of the molecule is Cc1nnc2n1C[C@H](NC(=O)C(c1ccccc1)c1ccccc1)CC2. The number of rotatable bonds is 4. The van der Waals surface area contributed by atoms with Gasteiger partial charge in [-0.15, -0.1) is 10.2 Å². The number of aromatic nitrogens is 3. The van der Waals surface area contributed by atoms with Crippen LogP contribution in [0, 0.1) is 6.92 Å². The summed E-state index contributed by atoms with van der Waals surface area (Å²) in [7, 11) is 0. The molecule has 1 N–H and O–H groups in total. The Morgan fingerprint density at radius 2 is 1.65 bits per heavy atom. The maximum absolute atomic E-state index is 13.2. The fourth-order valence-electron chi connectivity index (χ4n) is 3.65. The fourth-order valence-corrected chi connectivity index (χ4v) is 3.65. The molecule has 0 saturated heterocycles. The molecule has 2 heterocycles. The summed E-state index contributed by atoms with van der Waals surface area (Å²) in [6, 6.07) is 20.0. The van der Waals surface area contributed by atoms with E-state index in [1.807, 2.05) is 67.6 Å². The first kappa shape index (κ1) is 16.5. The van der Waals surface area contributed by atoms with E-state index in [2.05, 4.69) is 20.1 Å². The number of aryl methyl sites for hydroxylation is 2. The molecular weight excluding hydrogens is 324 g/mol. The highest BCUT2D eigenvalue weighted by Crippen LogP contribution is 2.25. The monoisotopic (exact) mass is 346 g/mol. The Kier molecular flexibility index (Phi) is 4.52. The third kappa shape index (κ3) is 3.25. The molecule has 0 fully saturated rings. The molecule has 1 atom stereocenters. The molecule has 26 heavy (non-hydrogen) atoms. The zero-order valence-corrected chi connectivity index (χ0v) is 14.8. The van der Waals surface area contributed by atoms with Gasteiger partial charge in [0.25, 0.3) is 0 Å². The molecule has 4 rings (SSSR count). The lowest BCUT2D eigenvalue weighted by Gasteiger charge is -2.27. The second kappa shape index (κ2) is 7.12. The molecule has 0 saturated carbocycles. The molecule has 5 nitrogen and oxygen atoms in total. The van der Waals surface area contributed by atoms with Gasteiger partial charge in [-0.2, -0.15) is 0 Å². The third-order valence-corrected chi connectivity index (χ3v) is 5.01. The van der Waals surface area contributed by atoms with E-state index in [-0.39, 0.29) is 17.9 Å². The van der Waals surface area contributed by atoms with Gasteiger partial charge in [-0.3, -0.25) is 4.79 Å². The lowest BCUT2D eigenvalue weighted by atomic mass is 9.90. The first-order valence-corrected chi connectivity index (χ1v) is 9.01. The van der Waals surface area contributed by atoms with Crippen molar-refractivity contribution >= 4 is 5.91 Å². The quantitative estimate of drug-likeness (QED) is 0.790. The molecule has 3 aromatic rings. The van der Waals surface area contributed by atoms with Crippen LogP contribution in [0.2, 0.25) is 0 Å². The number of carbonyl (C=O) groups is 1. The van der Waals surface area contributed by atoms with Gasteiger partial charge in [0.1, 0.15) is 11.6 Å². The zero-order chi connectivity index (χ0) is 17.9. The largest absolute Gasteiger partial charge is 0.351 e. The molecule has 0 bridgehead atoms. The Bertz CT molecular complexity index is 849. The van der Waals surface area contributed by atoms with E-state index in [4.69, 9.17) is 0 Å². The average Bonchev–Trinajstić information content (AvgIpc) is 3.04. The Hall–Kier alpha value is -2.95. The van der Waals surface area contributed by atoms with Crippen LogP contribution in [0.15, 0.2) is 60.7 Å². The van der Waals surface area contributed by atoms with E-state index in [1.165, 1.54) is 0 Å². The highest BCUT2D eigenvalue weighted by atomic mass is 16.2. The van der Waals surface area contributed by atoms with E-state index in [0.717, 1.165) is 42.2 Å². The van der Waals surface area contributed by atoms with Crippen LogP contribution in [-0.2, 0) is 17.8 Å². The van der Waals surface area contributed by atoms with Crippen molar-refractivity contribution < 1.29 is 4.79 Å². The summed E-state index contributed by atoms with van der Waals surface area (Å²) in [4.78, 5) is 13.2. The second-order valence-electron chi connectivity index (χ2n) is 6.77. The first-order valence-electron chi connectivity index (χ1n) is 9.01. The molecule has 1 aliphatic heterocycles. The lowest BCUT2D eigenvalue weighted by molar-refractivity contribution is -0.122. The standard InChI is InChI=1S/C21H22N4O/c1-15-23-24-19-13-12-18(14-25(15)19)22-21(26)20(16-8-4-2-5-9-16)17-10-6-3-7-11-17/h2-11,18,20H,12-14H2,1H3,(H,22,26)/t18-/m1/s1. The summed E-state index contributed by atoms with van der Waals surface area (Å²) in [6.45, 7) is 2.69. The summed E-state index contributed by atoms with van der Waals surface area (Å²) >= 11 is 0. The van der Waals surface area contributed by atoms with Crippen LogP contribution in [0.5, 0.6) is 0 Å². The van der Waals surface area contributed by atoms with Crippen LogP contribution in [0.1, 0.15) is 35.1 Å². The van der Waals surface area contributed by atoms with E-state index in [1.54, 1.807) is 0 Å². The molecule has 1 amide bonds. The van der Waals surface area contributed by atoms with Crippen LogP contribution < -0.4 is 5.32 Å². The average molecular weight is 346 g/mol. The molecule has 0 unspecified atom stereocenters. The minimum Gasteiger partial charge on any atom is -0.351 e. The van der Waals surface area contributed by atoms with E-state index in [0.29, 0.717) is 0 Å². The van der Waals surface area contributed by atoms with Crippen molar-refractivity contribution in [2.45, 2.75) is 38.3 Å². The van der Waals surface area contributed by atoms with Gasteiger partial charge in [0.15, 0.2) is 0 Å². The van der Waals surface area contributed by atoms with Crippen LogP contribution >= 0.6 is 0 Å². The Morgan fingerprint density at radius 3 is 2.27 bits per heavy atom. The van der Waals surface area contributed by atoms with Crippen molar-refractivity contribution in [1.29, 1.82) is 0 Å². The minimum atomic E-state index is -0.305. The maximum atomic E-state index is 13.2. The number of benzene rings is 2. The van der Waals surface area contributed by atoms with Crippen LogP contribution in [0.3, 0.4) is 0 Å². The number of nitrogens with zero attached hydrogens (tertiary/aromatic N) is 3. The Morgan fingerprint density at radius 1 is 1.04 bits per heavy atom. The summed E-state index contributed by atoms with van der Waals surface area (Å²) in [5, 5.41) is 11.6. The maximum Gasteiger partial charge on any atom is 0.232 e. The smallest absolute Gasteiger partial charge is 0.232 e. The lowest BCUT2D eigenvalue weighted by Crippen LogP contribution is -2.43. The van der Waals surface area contributed by atoms with E-state index >= 15 is 0 Å². The molecular formula is C21H22N4O. The summed E-state index contributed by atoms with van der Waals surface area (Å²) in [5.41, 5.74) is 2.02. The first-order chi connectivity index (χ1) is 12.7. The number of hydrogen-bond donors (Lipinski definition) is 1. The molecule has 132 valence electrons. The van der Waals surface area contributed by atoms with Gasteiger partial charge in [-0.05, 0) is 24.5 Å². The summed E-state index contributed by atoms with van der Waals surface area (Å²) < 4.78 is 2.11. The van der Waals surface area contributed by atoms with Gasteiger partial charge in [-0.1, -0.05) is 60.7 Å². The third-order valence-electron chi connectivity index (χ3n) is 5.01. The van der Waals surface area contributed by atoms with Gasteiger partial charge in [0.2, 0.25) is 5.91 Å². The molecule has 0 spiro atoms. The number of fused-ring (bicyclic) bond motifs is 1. The van der Waals surface area contributed by atoms with Crippen molar-refractivity contribution in [3.63, 3.8) is 0 Å². The number of amides is 1. The molecule has 0 aliphatic carbocycles. The highest BCUT2D eigenvalue weighted by Gasteiger charge is 2.27. The fraction of sp³-hybridized carbons (Fsp3) is 0.286. The van der Waals surface area contributed by atoms with Crippen LogP contribution in [0.4, 0.5) is 0 Å². The van der Waals surface area contributed by atoms with Crippen molar-refractivity contribution in [1.82, 2.24) is 20.1 Å². The van der Waals surface area contributed by atoms with Crippen molar-refractivity contribution in [2.75, 3.05) is 0 Å². The van der Waals surface area contributed by atoms with Gasteiger partial charge in [0, 0.05) is 19.0 Å². The van der Waals surface area contributed by atoms with Gasteiger partial charge in [0.05, 0.1) is 5.92 Å². The van der Waals surface area contributed by atoms with Crippen molar-refractivity contribution in [2.24, 2.45) is 0 Å². The zero-order valence-electron chi connectivity index (χ0n) is 14.8. The topological polar surface area (TPSA) is 59.8 Å². The molecule has 5 heteroatoms. The molecule has 1 aromatic heterocycles. The van der Waals surface area contributed by atoms with Crippen LogP contribution in [0.25, 0.3) is 0 Å². The highest BCUT2D eigenvalue weighted by molar-refractivity contribution is 5.87. The summed E-state index contributed by atoms with van der Waals surface area (Å²) in [6.07, 6.45) is 1.73. The Balaban J connectivity index is 1.57. The second-order valence-corrected chi connectivity index (χ2v) is 6.77. The molecule has 1 aliphatic rings. The number of carbonyl (C=O) groups excluding carboxylic acids is 1. The molecule has 2 aromatic carbocycles. The number of nitrogens with one attached hydrogen (secondary N) is 1. The Labute approximate surface area is 153 Å². The van der Waals surface area contributed by atoms with Crippen LogP contribution in [-0.4, -0.2) is 26.7 Å². The van der Waals surface area contributed by atoms with Crippen molar-refractivity contribution in [3.05, 3.63) is 83.4 Å².